The smallest absolute Gasteiger partial charge is 0.422 e. The number of halogens is 3. The summed E-state index contributed by atoms with van der Waals surface area (Å²) < 4.78 is 39.4. The van der Waals surface area contributed by atoms with Gasteiger partial charge in [0.25, 0.3) is 0 Å². The number of alkyl halides is 3. The van der Waals surface area contributed by atoms with Crippen LogP contribution in [0.2, 0.25) is 0 Å². The Bertz CT molecular complexity index is 418. The maximum Gasteiger partial charge on any atom is 0.422 e. The molecule has 0 bridgehead atoms. The Labute approximate surface area is 108 Å². The molecular weight excluding hydrogens is 263 g/mol. The van der Waals surface area contributed by atoms with E-state index in [0.717, 1.165) is 5.56 Å². The molecule has 0 unspecified atom stereocenters. The standard InChI is InChI=1S/C11H14F3N3O2/c1-17(2)6-8-3-4-9(15-5-8)16-10(18)19-7-11(12,13)14/h3-5H,6-7H2,1-2H3,(H,15,16,18). The van der Waals surface area contributed by atoms with Gasteiger partial charge < -0.3 is 9.64 Å². The van der Waals surface area contributed by atoms with Crippen LogP contribution in [0.15, 0.2) is 18.3 Å². The van der Waals surface area contributed by atoms with Crippen LogP contribution in [0.3, 0.4) is 0 Å². The third kappa shape index (κ3) is 6.61. The number of pyridine rings is 1. The molecule has 106 valence electrons. The molecule has 1 N–H and O–H groups in total. The number of aromatic nitrogens is 1. The highest BCUT2D eigenvalue weighted by Crippen LogP contribution is 2.15. The van der Waals surface area contributed by atoms with Crippen molar-refractivity contribution in [2.75, 3.05) is 26.0 Å². The monoisotopic (exact) mass is 277 g/mol. The second-order valence-electron chi connectivity index (χ2n) is 4.11. The van der Waals surface area contributed by atoms with Crippen molar-refractivity contribution < 1.29 is 22.7 Å². The highest BCUT2D eigenvalue weighted by atomic mass is 19.4. The minimum atomic E-state index is -4.54. The lowest BCUT2D eigenvalue weighted by molar-refractivity contribution is -0.159. The Balaban J connectivity index is 2.47. The van der Waals surface area contributed by atoms with Crippen molar-refractivity contribution in [2.45, 2.75) is 12.7 Å². The molecule has 1 amide bonds. The molecule has 1 aromatic heterocycles. The molecule has 19 heavy (non-hydrogen) atoms. The van der Waals surface area contributed by atoms with Crippen molar-refractivity contribution in [3.8, 4) is 0 Å². The first-order valence-corrected chi connectivity index (χ1v) is 5.36. The number of hydrogen-bond donors (Lipinski definition) is 1. The summed E-state index contributed by atoms with van der Waals surface area (Å²) in [5.41, 5.74) is 0.916. The van der Waals surface area contributed by atoms with Gasteiger partial charge in [0.15, 0.2) is 6.61 Å². The Morgan fingerprint density at radius 1 is 1.42 bits per heavy atom. The zero-order valence-corrected chi connectivity index (χ0v) is 10.5. The molecular formula is C11H14F3N3O2. The average molecular weight is 277 g/mol. The number of carbonyl (C=O) groups excluding carboxylic acids is 1. The first-order chi connectivity index (χ1) is 8.76. The Hall–Kier alpha value is -1.83. The van der Waals surface area contributed by atoms with E-state index in [9.17, 15) is 18.0 Å². The maximum atomic E-state index is 11.8. The summed E-state index contributed by atoms with van der Waals surface area (Å²) in [6.45, 7) is -0.955. The molecule has 1 aromatic rings. The largest absolute Gasteiger partial charge is 0.440 e. The Morgan fingerprint density at radius 2 is 2.11 bits per heavy atom. The van der Waals surface area contributed by atoms with Gasteiger partial charge in [-0.1, -0.05) is 6.07 Å². The van der Waals surface area contributed by atoms with E-state index >= 15 is 0 Å². The SMILES string of the molecule is CN(C)Cc1ccc(NC(=O)OCC(F)(F)F)nc1. The molecule has 8 heteroatoms. The van der Waals surface area contributed by atoms with E-state index in [1.807, 2.05) is 19.0 Å². The van der Waals surface area contributed by atoms with E-state index < -0.39 is 18.9 Å². The Kier molecular flexibility index (Phi) is 5.11. The molecule has 1 rings (SSSR count). The van der Waals surface area contributed by atoms with Gasteiger partial charge in [0.2, 0.25) is 0 Å². The van der Waals surface area contributed by atoms with Crippen molar-refractivity contribution in [3.63, 3.8) is 0 Å². The molecule has 0 spiro atoms. The molecule has 5 nitrogen and oxygen atoms in total. The summed E-state index contributed by atoms with van der Waals surface area (Å²) in [4.78, 5) is 16.9. The first kappa shape index (κ1) is 15.2. The number of nitrogens with zero attached hydrogens (tertiary/aromatic N) is 2. The van der Waals surface area contributed by atoms with Gasteiger partial charge in [-0.15, -0.1) is 0 Å². The van der Waals surface area contributed by atoms with Crippen LogP contribution in [0, 0.1) is 0 Å². The van der Waals surface area contributed by atoms with E-state index in [1.165, 1.54) is 12.3 Å². The molecule has 0 atom stereocenters. The second kappa shape index (κ2) is 6.37. The second-order valence-corrected chi connectivity index (χ2v) is 4.11. The van der Waals surface area contributed by atoms with Crippen LogP contribution in [-0.2, 0) is 11.3 Å². The van der Waals surface area contributed by atoms with Gasteiger partial charge in [-0.25, -0.2) is 9.78 Å². The summed E-state index contributed by atoms with van der Waals surface area (Å²) in [7, 11) is 3.78. The molecule has 0 aliphatic carbocycles. The van der Waals surface area contributed by atoms with Crippen LogP contribution in [-0.4, -0.2) is 42.9 Å². The van der Waals surface area contributed by atoms with Crippen LogP contribution in [0.1, 0.15) is 5.56 Å². The van der Waals surface area contributed by atoms with Crippen LogP contribution < -0.4 is 5.32 Å². The van der Waals surface area contributed by atoms with E-state index in [-0.39, 0.29) is 5.82 Å². The number of rotatable bonds is 4. The number of nitrogens with one attached hydrogen (secondary N) is 1. The highest BCUT2D eigenvalue weighted by Gasteiger charge is 2.29. The van der Waals surface area contributed by atoms with Gasteiger partial charge >= 0.3 is 12.3 Å². The molecule has 0 saturated heterocycles. The third-order valence-corrected chi connectivity index (χ3v) is 1.92. The molecule has 1 heterocycles. The molecule has 0 radical (unpaired) electrons. The van der Waals surface area contributed by atoms with Crippen LogP contribution >= 0.6 is 0 Å². The van der Waals surface area contributed by atoms with E-state index in [0.29, 0.717) is 6.54 Å². The van der Waals surface area contributed by atoms with E-state index in [2.05, 4.69) is 15.0 Å². The molecule has 0 fully saturated rings. The fourth-order valence-electron chi connectivity index (χ4n) is 1.25. The van der Waals surface area contributed by atoms with Gasteiger partial charge in [0.1, 0.15) is 5.82 Å². The van der Waals surface area contributed by atoms with Crippen LogP contribution in [0.25, 0.3) is 0 Å². The summed E-state index contributed by atoms with van der Waals surface area (Å²) in [5.74, 6) is 0.134. The lowest BCUT2D eigenvalue weighted by Crippen LogP contribution is -2.23. The van der Waals surface area contributed by atoms with E-state index in [4.69, 9.17) is 0 Å². The lowest BCUT2D eigenvalue weighted by atomic mass is 10.3. The number of amides is 1. The number of ether oxygens (including phenoxy) is 1. The van der Waals surface area contributed by atoms with Gasteiger partial charge in [-0.2, -0.15) is 13.2 Å². The average Bonchev–Trinajstić information content (AvgIpc) is 2.28. The summed E-state index contributed by atoms with van der Waals surface area (Å²) in [5, 5.41) is 2.11. The molecule has 0 aliphatic rings. The fourth-order valence-corrected chi connectivity index (χ4v) is 1.25. The predicted molar refractivity (Wildman–Crippen MR) is 62.7 cm³/mol. The van der Waals surface area contributed by atoms with Crippen molar-refractivity contribution in [2.24, 2.45) is 0 Å². The van der Waals surface area contributed by atoms with Crippen molar-refractivity contribution >= 4 is 11.9 Å². The Morgan fingerprint density at radius 3 is 2.58 bits per heavy atom. The first-order valence-electron chi connectivity index (χ1n) is 5.36. The summed E-state index contributed by atoms with van der Waals surface area (Å²) in [6.07, 6.45) is -4.20. The van der Waals surface area contributed by atoms with Gasteiger partial charge in [0.05, 0.1) is 0 Å². The molecule has 0 saturated carbocycles. The van der Waals surface area contributed by atoms with Crippen molar-refractivity contribution in [3.05, 3.63) is 23.9 Å². The van der Waals surface area contributed by atoms with Crippen LogP contribution in [0.5, 0.6) is 0 Å². The zero-order chi connectivity index (χ0) is 14.5. The van der Waals surface area contributed by atoms with Gasteiger partial charge in [-0.05, 0) is 25.7 Å². The predicted octanol–water partition coefficient (Wildman–Crippen LogP) is 2.25. The lowest BCUT2D eigenvalue weighted by Gasteiger charge is -2.10. The maximum absolute atomic E-state index is 11.8. The summed E-state index contributed by atoms with van der Waals surface area (Å²) in [6, 6.07) is 3.21. The number of anilines is 1. The number of carbonyl (C=O) groups is 1. The molecule has 0 aliphatic heterocycles. The fraction of sp³-hybridized carbons (Fsp3) is 0.455. The highest BCUT2D eigenvalue weighted by molar-refractivity contribution is 5.83. The minimum absolute atomic E-state index is 0.134. The van der Waals surface area contributed by atoms with Crippen molar-refractivity contribution in [1.82, 2.24) is 9.88 Å². The van der Waals surface area contributed by atoms with Gasteiger partial charge in [0, 0.05) is 12.7 Å². The quantitative estimate of drug-likeness (QED) is 0.917. The van der Waals surface area contributed by atoms with Crippen LogP contribution in [0.4, 0.5) is 23.8 Å². The van der Waals surface area contributed by atoms with Crippen molar-refractivity contribution in [1.29, 1.82) is 0 Å². The minimum Gasteiger partial charge on any atom is -0.440 e. The number of hydrogen-bond acceptors (Lipinski definition) is 4. The summed E-state index contributed by atoms with van der Waals surface area (Å²) >= 11 is 0. The molecule has 0 aromatic carbocycles. The topological polar surface area (TPSA) is 54.5 Å². The zero-order valence-electron chi connectivity index (χ0n) is 10.5. The normalized spacial score (nSPS) is 11.5. The van der Waals surface area contributed by atoms with Gasteiger partial charge in [-0.3, -0.25) is 5.32 Å². The van der Waals surface area contributed by atoms with E-state index in [1.54, 1.807) is 6.07 Å². The third-order valence-electron chi connectivity index (χ3n) is 1.92.